The van der Waals surface area contributed by atoms with Gasteiger partial charge in [0, 0.05) is 48.9 Å². The van der Waals surface area contributed by atoms with Gasteiger partial charge in [0.1, 0.15) is 5.82 Å². The number of hydrogen-bond donors (Lipinski definition) is 2. The Morgan fingerprint density at radius 3 is 2.68 bits per heavy atom. The fraction of sp³-hybridized carbons (Fsp3) is 0.200. The minimum atomic E-state index is -0.375. The van der Waals surface area contributed by atoms with Crippen molar-refractivity contribution in [3.63, 3.8) is 0 Å². The zero-order valence-corrected chi connectivity index (χ0v) is 15.1. The van der Waals surface area contributed by atoms with Gasteiger partial charge in [0.2, 0.25) is 0 Å². The zero-order valence-electron chi connectivity index (χ0n) is 15.1. The molecule has 0 fully saturated rings. The van der Waals surface area contributed by atoms with Crippen molar-refractivity contribution in [2.45, 2.75) is 19.5 Å². The number of H-pyrrole nitrogens is 1. The first kappa shape index (κ1) is 17.9. The van der Waals surface area contributed by atoms with E-state index in [1.807, 2.05) is 17.0 Å². The van der Waals surface area contributed by atoms with Gasteiger partial charge in [0.25, 0.3) is 11.2 Å². The molecular formula is C20H19N5O3. The number of nitro benzene ring substituents is 1. The van der Waals surface area contributed by atoms with E-state index in [0.717, 1.165) is 11.3 Å². The molecule has 2 aromatic carbocycles. The predicted octanol–water partition coefficient (Wildman–Crippen LogP) is 2.49. The highest BCUT2D eigenvalue weighted by Gasteiger charge is 2.23. The third kappa shape index (κ3) is 3.49. The van der Waals surface area contributed by atoms with E-state index in [4.69, 9.17) is 5.73 Å². The normalized spacial score (nSPS) is 13.9. The van der Waals surface area contributed by atoms with E-state index in [0.29, 0.717) is 48.7 Å². The molecule has 1 aliphatic rings. The standard InChI is InChI=1S/C20H19N5O3/c21-15-7-5-13(6-8-15)19-22-17-9-10-24(12-16(17)20(26)23-19)11-14-3-1-2-4-18(14)25(27)28/h1-8H,9-12,21H2,(H,22,23,26). The van der Waals surface area contributed by atoms with Crippen molar-refractivity contribution in [1.82, 2.24) is 14.9 Å². The number of para-hydroxylation sites is 1. The third-order valence-electron chi connectivity index (χ3n) is 4.91. The maximum Gasteiger partial charge on any atom is 0.273 e. The van der Waals surface area contributed by atoms with Crippen molar-refractivity contribution in [1.29, 1.82) is 0 Å². The van der Waals surface area contributed by atoms with Crippen LogP contribution >= 0.6 is 0 Å². The van der Waals surface area contributed by atoms with Crippen LogP contribution in [0.2, 0.25) is 0 Å². The van der Waals surface area contributed by atoms with E-state index in [2.05, 4.69) is 9.97 Å². The summed E-state index contributed by atoms with van der Waals surface area (Å²) in [5.74, 6) is 0.524. The molecule has 0 bridgehead atoms. The van der Waals surface area contributed by atoms with E-state index < -0.39 is 0 Å². The molecule has 0 radical (unpaired) electrons. The highest BCUT2D eigenvalue weighted by Crippen LogP contribution is 2.24. The highest BCUT2D eigenvalue weighted by molar-refractivity contribution is 5.58. The monoisotopic (exact) mass is 377 g/mol. The summed E-state index contributed by atoms with van der Waals surface area (Å²) in [6.45, 7) is 1.50. The van der Waals surface area contributed by atoms with Crippen LogP contribution in [-0.2, 0) is 19.5 Å². The molecule has 0 unspecified atom stereocenters. The number of aromatic nitrogens is 2. The van der Waals surface area contributed by atoms with Gasteiger partial charge < -0.3 is 10.7 Å². The smallest absolute Gasteiger partial charge is 0.273 e. The number of anilines is 1. The topological polar surface area (TPSA) is 118 Å². The number of benzene rings is 2. The van der Waals surface area contributed by atoms with Crippen molar-refractivity contribution >= 4 is 11.4 Å². The van der Waals surface area contributed by atoms with Gasteiger partial charge in [-0.3, -0.25) is 19.8 Å². The van der Waals surface area contributed by atoms with Crippen LogP contribution in [0.15, 0.2) is 53.3 Å². The predicted molar refractivity (Wildman–Crippen MR) is 106 cm³/mol. The maximum absolute atomic E-state index is 12.6. The van der Waals surface area contributed by atoms with Gasteiger partial charge in [-0.15, -0.1) is 0 Å². The van der Waals surface area contributed by atoms with Crippen molar-refractivity contribution in [2.24, 2.45) is 0 Å². The molecule has 0 spiro atoms. The van der Waals surface area contributed by atoms with Crippen molar-refractivity contribution < 1.29 is 4.92 Å². The number of nitrogen functional groups attached to an aromatic ring is 1. The average Bonchev–Trinajstić information content (AvgIpc) is 2.69. The Morgan fingerprint density at radius 2 is 1.93 bits per heavy atom. The summed E-state index contributed by atoms with van der Waals surface area (Å²) in [6, 6.07) is 13.9. The number of hydrogen-bond acceptors (Lipinski definition) is 6. The molecule has 1 aliphatic heterocycles. The van der Waals surface area contributed by atoms with Crippen LogP contribution in [0.1, 0.15) is 16.8 Å². The number of nitro groups is 1. The van der Waals surface area contributed by atoms with E-state index in [-0.39, 0.29) is 16.2 Å². The van der Waals surface area contributed by atoms with Crippen LogP contribution in [0.3, 0.4) is 0 Å². The Labute approximate surface area is 160 Å². The molecule has 0 saturated heterocycles. The van der Waals surface area contributed by atoms with Crippen LogP contribution in [0.4, 0.5) is 11.4 Å². The number of nitrogens with one attached hydrogen (secondary N) is 1. The number of fused-ring (bicyclic) bond motifs is 1. The molecule has 142 valence electrons. The molecule has 2 heterocycles. The van der Waals surface area contributed by atoms with Crippen molar-refractivity contribution in [3.8, 4) is 11.4 Å². The van der Waals surface area contributed by atoms with Gasteiger partial charge >= 0.3 is 0 Å². The summed E-state index contributed by atoms with van der Waals surface area (Å²) in [7, 11) is 0. The molecule has 0 saturated carbocycles. The molecule has 8 heteroatoms. The second kappa shape index (κ2) is 7.24. The van der Waals surface area contributed by atoms with E-state index >= 15 is 0 Å². The summed E-state index contributed by atoms with van der Waals surface area (Å²) in [4.78, 5) is 33.0. The maximum atomic E-state index is 12.6. The van der Waals surface area contributed by atoms with Crippen LogP contribution in [-0.4, -0.2) is 26.3 Å². The molecule has 0 amide bonds. The third-order valence-corrected chi connectivity index (χ3v) is 4.91. The van der Waals surface area contributed by atoms with Crippen molar-refractivity contribution in [2.75, 3.05) is 12.3 Å². The lowest BCUT2D eigenvalue weighted by molar-refractivity contribution is -0.385. The lowest BCUT2D eigenvalue weighted by Gasteiger charge is -2.27. The number of nitrogens with zero attached hydrogens (tertiary/aromatic N) is 3. The van der Waals surface area contributed by atoms with Crippen molar-refractivity contribution in [3.05, 3.63) is 85.8 Å². The lowest BCUT2D eigenvalue weighted by Crippen LogP contribution is -2.35. The van der Waals surface area contributed by atoms with Gasteiger partial charge in [-0.05, 0) is 24.3 Å². The number of aromatic amines is 1. The first-order valence-electron chi connectivity index (χ1n) is 8.94. The summed E-state index contributed by atoms with van der Waals surface area (Å²) >= 11 is 0. The Bertz CT molecular complexity index is 1090. The summed E-state index contributed by atoms with van der Waals surface area (Å²) in [5.41, 5.74) is 9.11. The van der Waals surface area contributed by atoms with E-state index in [9.17, 15) is 14.9 Å². The average molecular weight is 377 g/mol. The van der Waals surface area contributed by atoms with Crippen LogP contribution in [0.5, 0.6) is 0 Å². The number of rotatable bonds is 4. The van der Waals surface area contributed by atoms with Crippen LogP contribution in [0.25, 0.3) is 11.4 Å². The number of nitrogens with two attached hydrogens (primary N) is 1. The molecule has 8 nitrogen and oxygen atoms in total. The summed E-state index contributed by atoms with van der Waals surface area (Å²) < 4.78 is 0. The molecule has 4 rings (SSSR count). The molecule has 0 atom stereocenters. The van der Waals surface area contributed by atoms with Crippen LogP contribution in [0, 0.1) is 10.1 Å². The van der Waals surface area contributed by atoms with Gasteiger partial charge in [-0.2, -0.15) is 0 Å². The molecule has 3 aromatic rings. The van der Waals surface area contributed by atoms with Gasteiger partial charge in [-0.25, -0.2) is 4.98 Å². The summed E-state index contributed by atoms with van der Waals surface area (Å²) in [5, 5.41) is 11.2. The van der Waals surface area contributed by atoms with Gasteiger partial charge in [0.15, 0.2) is 0 Å². The highest BCUT2D eigenvalue weighted by atomic mass is 16.6. The Morgan fingerprint density at radius 1 is 1.18 bits per heavy atom. The largest absolute Gasteiger partial charge is 0.399 e. The molecule has 0 aliphatic carbocycles. The Balaban J connectivity index is 1.59. The van der Waals surface area contributed by atoms with Crippen LogP contribution < -0.4 is 11.3 Å². The minimum Gasteiger partial charge on any atom is -0.399 e. The fourth-order valence-corrected chi connectivity index (χ4v) is 3.46. The van der Waals surface area contributed by atoms with E-state index in [1.165, 1.54) is 6.07 Å². The second-order valence-electron chi connectivity index (χ2n) is 6.81. The van der Waals surface area contributed by atoms with Gasteiger partial charge in [0.05, 0.1) is 16.2 Å². The summed E-state index contributed by atoms with van der Waals surface area (Å²) in [6.07, 6.45) is 0.613. The zero-order chi connectivity index (χ0) is 19.7. The SMILES string of the molecule is Nc1ccc(-c2nc3c(c(=O)[nH]2)CN(Cc2ccccc2[N+](=O)[O-])CC3)cc1. The second-order valence-corrected chi connectivity index (χ2v) is 6.81. The fourth-order valence-electron chi connectivity index (χ4n) is 3.46. The quantitative estimate of drug-likeness (QED) is 0.410. The van der Waals surface area contributed by atoms with E-state index in [1.54, 1.807) is 30.3 Å². The molecule has 3 N–H and O–H groups in total. The molecule has 28 heavy (non-hydrogen) atoms. The van der Waals surface area contributed by atoms with Gasteiger partial charge in [-0.1, -0.05) is 18.2 Å². The Hall–Kier alpha value is -3.52. The Kier molecular flexibility index (Phi) is 4.62. The lowest BCUT2D eigenvalue weighted by atomic mass is 10.0. The molecule has 1 aromatic heterocycles. The first-order valence-corrected chi connectivity index (χ1v) is 8.94. The minimum absolute atomic E-state index is 0.0963. The first-order chi connectivity index (χ1) is 13.5. The molecular weight excluding hydrogens is 358 g/mol.